The van der Waals surface area contributed by atoms with Gasteiger partial charge in [-0.3, -0.25) is 10.1 Å². The topological polar surface area (TPSA) is 68.1 Å². The lowest BCUT2D eigenvalue weighted by Gasteiger charge is -2.22. The minimum atomic E-state index is -0.372. The highest BCUT2D eigenvalue weighted by molar-refractivity contribution is 5.89. The number of benzene rings is 1. The molecule has 0 aliphatic carbocycles. The molecule has 1 heterocycles. The van der Waals surface area contributed by atoms with E-state index in [1.807, 2.05) is 12.1 Å². The van der Waals surface area contributed by atoms with E-state index >= 15 is 0 Å². The van der Waals surface area contributed by atoms with E-state index in [4.69, 9.17) is 0 Å². The molecule has 0 bridgehead atoms. The highest BCUT2D eigenvalue weighted by atomic mass is 16.6. The Morgan fingerprint density at radius 1 is 1.33 bits per heavy atom. The monoisotopic (exact) mass is 287 g/mol. The molecule has 1 atom stereocenters. The molecule has 1 aromatic carbocycles. The predicted octanol–water partition coefficient (Wildman–Crippen LogP) is 3.32. The molecule has 0 fully saturated rings. The van der Waals surface area contributed by atoms with Crippen molar-refractivity contribution in [3.63, 3.8) is 0 Å². The van der Waals surface area contributed by atoms with Crippen molar-refractivity contribution in [2.75, 3.05) is 6.54 Å². The average Bonchev–Trinajstić information content (AvgIpc) is 2.46. The second-order valence-electron chi connectivity index (χ2n) is 5.51. The Morgan fingerprint density at radius 3 is 2.71 bits per heavy atom. The molecule has 5 heteroatoms. The van der Waals surface area contributed by atoms with Crippen LogP contribution in [0.5, 0.6) is 0 Å². The number of nitrogens with zero attached hydrogens (tertiary/aromatic N) is 2. The Morgan fingerprint density at radius 2 is 2.10 bits per heavy atom. The first kappa shape index (κ1) is 15.4. The summed E-state index contributed by atoms with van der Waals surface area (Å²) in [4.78, 5) is 14.9. The molecule has 2 aromatic rings. The molecule has 5 nitrogen and oxygen atoms in total. The Balaban J connectivity index is 2.45. The van der Waals surface area contributed by atoms with Gasteiger partial charge in [0, 0.05) is 23.7 Å². The van der Waals surface area contributed by atoms with E-state index in [0.717, 1.165) is 23.9 Å². The zero-order valence-electron chi connectivity index (χ0n) is 12.7. The van der Waals surface area contributed by atoms with Crippen LogP contribution in [0.2, 0.25) is 0 Å². The van der Waals surface area contributed by atoms with Crippen molar-refractivity contribution in [1.29, 1.82) is 0 Å². The lowest BCUT2D eigenvalue weighted by Crippen LogP contribution is -2.35. The molecule has 112 valence electrons. The van der Waals surface area contributed by atoms with Crippen molar-refractivity contribution < 1.29 is 4.92 Å². The van der Waals surface area contributed by atoms with Crippen molar-refractivity contribution in [1.82, 2.24) is 10.3 Å². The van der Waals surface area contributed by atoms with Gasteiger partial charge in [0.15, 0.2) is 0 Å². The SMILES string of the molecule is CCNC(Cc1ccnc2c([N+](=O)[O-])cccc12)C(C)C. The number of non-ortho nitro benzene ring substituents is 1. The van der Waals surface area contributed by atoms with Gasteiger partial charge < -0.3 is 5.32 Å². The van der Waals surface area contributed by atoms with Gasteiger partial charge in [-0.15, -0.1) is 0 Å². The Hall–Kier alpha value is -2.01. The quantitative estimate of drug-likeness (QED) is 0.653. The third kappa shape index (κ3) is 3.36. The van der Waals surface area contributed by atoms with Crippen LogP contribution in [0.25, 0.3) is 10.9 Å². The van der Waals surface area contributed by atoms with Crippen LogP contribution in [0, 0.1) is 16.0 Å². The molecule has 2 rings (SSSR count). The summed E-state index contributed by atoms with van der Waals surface area (Å²) >= 11 is 0. The largest absolute Gasteiger partial charge is 0.314 e. The summed E-state index contributed by atoms with van der Waals surface area (Å²) in [5.74, 6) is 0.492. The maximum absolute atomic E-state index is 11.1. The molecular formula is C16H21N3O2. The first-order valence-electron chi connectivity index (χ1n) is 7.29. The van der Waals surface area contributed by atoms with Crippen LogP contribution in [0.3, 0.4) is 0 Å². The third-order valence-electron chi connectivity index (χ3n) is 3.75. The van der Waals surface area contributed by atoms with Gasteiger partial charge in [-0.1, -0.05) is 32.9 Å². The summed E-state index contributed by atoms with van der Waals surface area (Å²) in [5, 5.41) is 15.5. The lowest BCUT2D eigenvalue weighted by molar-refractivity contribution is -0.383. The summed E-state index contributed by atoms with van der Waals surface area (Å²) in [5.41, 5.74) is 1.64. The van der Waals surface area contributed by atoms with Gasteiger partial charge in [-0.05, 0) is 30.5 Å². The molecular weight excluding hydrogens is 266 g/mol. The van der Waals surface area contributed by atoms with Gasteiger partial charge in [0.2, 0.25) is 0 Å². The first-order chi connectivity index (χ1) is 10.0. The van der Waals surface area contributed by atoms with E-state index in [2.05, 4.69) is 31.1 Å². The standard InChI is InChI=1S/C16H21N3O2/c1-4-17-14(11(2)3)10-12-8-9-18-16-13(12)6-5-7-15(16)19(20)21/h5-9,11,14,17H,4,10H2,1-3H3. The molecule has 1 N–H and O–H groups in total. The third-order valence-corrected chi connectivity index (χ3v) is 3.75. The Labute approximate surface area is 124 Å². The molecule has 1 aromatic heterocycles. The van der Waals surface area contributed by atoms with Crippen LogP contribution in [-0.4, -0.2) is 22.5 Å². The van der Waals surface area contributed by atoms with Gasteiger partial charge in [-0.25, -0.2) is 4.98 Å². The number of para-hydroxylation sites is 1. The van der Waals surface area contributed by atoms with Crippen LogP contribution in [0.15, 0.2) is 30.5 Å². The van der Waals surface area contributed by atoms with Crippen LogP contribution in [0.4, 0.5) is 5.69 Å². The van der Waals surface area contributed by atoms with Crippen molar-refractivity contribution in [2.24, 2.45) is 5.92 Å². The summed E-state index contributed by atoms with van der Waals surface area (Å²) in [6.07, 6.45) is 2.50. The number of hydrogen-bond donors (Lipinski definition) is 1. The number of pyridine rings is 1. The molecule has 0 radical (unpaired) electrons. The maximum atomic E-state index is 11.1. The summed E-state index contributed by atoms with van der Waals surface area (Å²) in [7, 11) is 0. The number of nitro benzene ring substituents is 1. The average molecular weight is 287 g/mol. The number of fused-ring (bicyclic) bond motifs is 1. The molecule has 0 saturated heterocycles. The van der Waals surface area contributed by atoms with Gasteiger partial charge in [0.05, 0.1) is 4.92 Å². The van der Waals surface area contributed by atoms with E-state index in [0.29, 0.717) is 17.5 Å². The summed E-state index contributed by atoms with van der Waals surface area (Å²) < 4.78 is 0. The molecule has 0 amide bonds. The van der Waals surface area contributed by atoms with Crippen molar-refractivity contribution in [2.45, 2.75) is 33.2 Å². The Kier molecular flexibility index (Phi) is 4.85. The van der Waals surface area contributed by atoms with E-state index in [1.54, 1.807) is 12.3 Å². The van der Waals surface area contributed by atoms with Crippen molar-refractivity contribution >= 4 is 16.6 Å². The number of hydrogen-bond acceptors (Lipinski definition) is 4. The van der Waals surface area contributed by atoms with E-state index in [9.17, 15) is 10.1 Å². The van der Waals surface area contributed by atoms with E-state index < -0.39 is 0 Å². The zero-order valence-corrected chi connectivity index (χ0v) is 12.7. The fraction of sp³-hybridized carbons (Fsp3) is 0.438. The second kappa shape index (κ2) is 6.63. The minimum Gasteiger partial charge on any atom is -0.314 e. The predicted molar refractivity (Wildman–Crippen MR) is 84.4 cm³/mol. The smallest absolute Gasteiger partial charge is 0.295 e. The number of nitrogens with one attached hydrogen (secondary N) is 1. The molecule has 1 unspecified atom stereocenters. The van der Waals surface area contributed by atoms with Crippen molar-refractivity contribution in [3.05, 3.63) is 46.1 Å². The number of likely N-dealkylation sites (N-methyl/N-ethyl adjacent to an activating group) is 1. The number of nitro groups is 1. The highest BCUT2D eigenvalue weighted by Gasteiger charge is 2.18. The molecule has 0 spiro atoms. The van der Waals surface area contributed by atoms with E-state index in [1.165, 1.54) is 6.07 Å². The summed E-state index contributed by atoms with van der Waals surface area (Å²) in [6, 6.07) is 7.44. The normalized spacial score (nSPS) is 12.8. The molecule has 21 heavy (non-hydrogen) atoms. The first-order valence-corrected chi connectivity index (χ1v) is 7.29. The van der Waals surface area contributed by atoms with Crippen molar-refractivity contribution in [3.8, 4) is 0 Å². The second-order valence-corrected chi connectivity index (χ2v) is 5.51. The lowest BCUT2D eigenvalue weighted by atomic mass is 9.94. The highest BCUT2D eigenvalue weighted by Crippen LogP contribution is 2.26. The minimum absolute atomic E-state index is 0.0684. The maximum Gasteiger partial charge on any atom is 0.295 e. The zero-order chi connectivity index (χ0) is 15.4. The van der Waals surface area contributed by atoms with Gasteiger partial charge in [0.1, 0.15) is 5.52 Å². The van der Waals surface area contributed by atoms with Gasteiger partial charge >= 0.3 is 0 Å². The fourth-order valence-electron chi connectivity index (χ4n) is 2.59. The number of aromatic nitrogens is 1. The Bertz CT molecular complexity index is 640. The van der Waals surface area contributed by atoms with Gasteiger partial charge in [-0.2, -0.15) is 0 Å². The fourth-order valence-corrected chi connectivity index (χ4v) is 2.59. The van der Waals surface area contributed by atoms with Crippen LogP contribution < -0.4 is 5.32 Å². The summed E-state index contributed by atoms with van der Waals surface area (Å²) in [6.45, 7) is 7.36. The van der Waals surface area contributed by atoms with E-state index in [-0.39, 0.29) is 10.6 Å². The van der Waals surface area contributed by atoms with Crippen LogP contribution in [-0.2, 0) is 6.42 Å². The number of rotatable bonds is 6. The van der Waals surface area contributed by atoms with Crippen LogP contribution >= 0.6 is 0 Å². The molecule has 0 saturated carbocycles. The van der Waals surface area contributed by atoms with Crippen LogP contribution in [0.1, 0.15) is 26.3 Å². The molecule has 0 aliphatic heterocycles. The van der Waals surface area contributed by atoms with Gasteiger partial charge in [0.25, 0.3) is 5.69 Å². The molecule has 0 aliphatic rings.